The third-order valence-corrected chi connectivity index (χ3v) is 7.74. The number of rotatable bonds is 6. The first kappa shape index (κ1) is 24.2. The van der Waals surface area contributed by atoms with Crippen LogP contribution in [0, 0.1) is 26.2 Å². The number of aryl methyl sites for hydroxylation is 2. The highest BCUT2D eigenvalue weighted by atomic mass is 32.2. The van der Waals surface area contributed by atoms with Crippen molar-refractivity contribution in [2.75, 3.05) is 6.54 Å². The lowest BCUT2D eigenvalue weighted by atomic mass is 10.2. The van der Waals surface area contributed by atoms with Gasteiger partial charge < -0.3 is 4.90 Å². The van der Waals surface area contributed by atoms with Gasteiger partial charge >= 0.3 is 0 Å². The van der Waals surface area contributed by atoms with E-state index in [9.17, 15) is 13.2 Å². The molecular formula is C28H23N5O3S. The second-order valence-corrected chi connectivity index (χ2v) is 10.5. The van der Waals surface area contributed by atoms with E-state index in [4.69, 9.17) is 6.42 Å². The van der Waals surface area contributed by atoms with Crippen LogP contribution in [0.25, 0.3) is 22.1 Å². The summed E-state index contributed by atoms with van der Waals surface area (Å²) in [6, 6.07) is 21.3. The average Bonchev–Trinajstić information content (AvgIpc) is 3.22. The SMILES string of the molecule is C#CCN(Cc1ccccc1)C(=O)c1nnc2c3cc(C)ccc3n(S(=O)(=O)c3ccc(C)cc3)c2n1. The van der Waals surface area contributed by atoms with Crippen LogP contribution in [0.15, 0.2) is 77.7 Å². The summed E-state index contributed by atoms with van der Waals surface area (Å²) >= 11 is 0. The van der Waals surface area contributed by atoms with Crippen LogP contribution in [0.4, 0.5) is 0 Å². The van der Waals surface area contributed by atoms with Crippen LogP contribution >= 0.6 is 0 Å². The standard InChI is InChI=1S/C28H23N5O3S/c1-4-16-32(18-21-8-6-5-7-9-21)28(34)26-29-27-25(30-31-26)23-17-20(3)12-15-24(23)33(27)37(35,36)22-13-10-19(2)11-14-22/h1,5-15,17H,16,18H2,2-3H3. The van der Waals surface area contributed by atoms with E-state index in [1.54, 1.807) is 30.3 Å². The number of carbonyl (C=O) groups excluding carboxylic acids is 1. The summed E-state index contributed by atoms with van der Waals surface area (Å²) in [6.45, 7) is 4.05. The number of hydrogen-bond acceptors (Lipinski definition) is 6. The first-order chi connectivity index (χ1) is 17.8. The zero-order valence-corrected chi connectivity index (χ0v) is 21.1. The first-order valence-electron chi connectivity index (χ1n) is 11.5. The van der Waals surface area contributed by atoms with E-state index in [1.165, 1.54) is 4.90 Å². The molecule has 0 bridgehead atoms. The Balaban J connectivity index is 1.69. The lowest BCUT2D eigenvalue weighted by molar-refractivity contribution is 0.0752. The van der Waals surface area contributed by atoms with Crippen molar-refractivity contribution < 1.29 is 13.2 Å². The minimum atomic E-state index is -4.07. The molecule has 0 saturated carbocycles. The number of terminal acetylenes is 1. The Morgan fingerprint density at radius 3 is 2.38 bits per heavy atom. The molecule has 0 aliphatic heterocycles. The van der Waals surface area contributed by atoms with Gasteiger partial charge in [0.1, 0.15) is 5.52 Å². The monoisotopic (exact) mass is 509 g/mol. The molecule has 2 aromatic heterocycles. The van der Waals surface area contributed by atoms with E-state index < -0.39 is 15.9 Å². The normalized spacial score (nSPS) is 11.5. The summed E-state index contributed by atoms with van der Waals surface area (Å²) in [7, 11) is -4.07. The molecule has 0 radical (unpaired) electrons. The molecule has 0 fully saturated rings. The molecule has 0 unspecified atom stereocenters. The van der Waals surface area contributed by atoms with Crippen LogP contribution < -0.4 is 0 Å². The Bertz CT molecular complexity index is 1790. The number of carbonyl (C=O) groups is 1. The minimum absolute atomic E-state index is 0.0268. The Morgan fingerprint density at radius 2 is 1.68 bits per heavy atom. The predicted molar refractivity (Wildman–Crippen MR) is 141 cm³/mol. The Hall–Kier alpha value is -4.55. The van der Waals surface area contributed by atoms with Gasteiger partial charge in [0.2, 0.25) is 5.82 Å². The van der Waals surface area contributed by atoms with E-state index in [0.717, 1.165) is 20.7 Å². The summed E-state index contributed by atoms with van der Waals surface area (Å²) in [5, 5.41) is 8.93. The van der Waals surface area contributed by atoms with Gasteiger partial charge in [0.05, 0.1) is 17.0 Å². The Kier molecular flexibility index (Phi) is 6.19. The molecule has 37 heavy (non-hydrogen) atoms. The van der Waals surface area contributed by atoms with Crippen molar-refractivity contribution in [2.24, 2.45) is 0 Å². The zero-order valence-electron chi connectivity index (χ0n) is 20.3. The highest BCUT2D eigenvalue weighted by Crippen LogP contribution is 2.31. The van der Waals surface area contributed by atoms with E-state index in [1.807, 2.05) is 56.3 Å². The van der Waals surface area contributed by atoms with Gasteiger partial charge in [0.25, 0.3) is 15.9 Å². The van der Waals surface area contributed by atoms with Crippen molar-refractivity contribution in [1.82, 2.24) is 24.1 Å². The topological polar surface area (TPSA) is 98.0 Å². The second kappa shape index (κ2) is 9.48. The maximum atomic E-state index is 13.8. The molecule has 184 valence electrons. The largest absolute Gasteiger partial charge is 0.320 e. The molecule has 0 atom stereocenters. The lowest BCUT2D eigenvalue weighted by Gasteiger charge is -2.19. The maximum Gasteiger partial charge on any atom is 0.294 e. The molecule has 0 aliphatic carbocycles. The summed E-state index contributed by atoms with van der Waals surface area (Å²) in [5.74, 6) is 1.71. The Labute approximate surface area is 214 Å². The van der Waals surface area contributed by atoms with E-state index >= 15 is 0 Å². The van der Waals surface area contributed by atoms with Gasteiger partial charge in [-0.3, -0.25) is 4.79 Å². The van der Waals surface area contributed by atoms with E-state index in [2.05, 4.69) is 21.1 Å². The number of nitrogens with zero attached hydrogens (tertiary/aromatic N) is 5. The van der Waals surface area contributed by atoms with Crippen LogP contribution in [0.2, 0.25) is 0 Å². The molecule has 0 aliphatic rings. The fourth-order valence-corrected chi connectivity index (χ4v) is 5.63. The summed E-state index contributed by atoms with van der Waals surface area (Å²) in [4.78, 5) is 19.4. The highest BCUT2D eigenvalue weighted by Gasteiger charge is 2.27. The molecule has 0 saturated heterocycles. The van der Waals surface area contributed by atoms with Crippen LogP contribution in [-0.4, -0.2) is 44.9 Å². The maximum absolute atomic E-state index is 13.8. The van der Waals surface area contributed by atoms with Crippen LogP contribution in [0.5, 0.6) is 0 Å². The van der Waals surface area contributed by atoms with E-state index in [0.29, 0.717) is 10.9 Å². The van der Waals surface area contributed by atoms with Gasteiger partial charge in [-0.2, -0.15) is 0 Å². The molecule has 3 aromatic carbocycles. The summed E-state index contributed by atoms with van der Waals surface area (Å²) in [6.07, 6.45) is 5.53. The third-order valence-electron chi connectivity index (χ3n) is 6.02. The van der Waals surface area contributed by atoms with Gasteiger partial charge in [0.15, 0.2) is 5.65 Å². The minimum Gasteiger partial charge on any atom is -0.320 e. The zero-order chi connectivity index (χ0) is 26.2. The van der Waals surface area contributed by atoms with Crippen molar-refractivity contribution in [3.05, 3.63) is 95.3 Å². The molecule has 8 nitrogen and oxygen atoms in total. The van der Waals surface area contributed by atoms with Crippen LogP contribution in [0.1, 0.15) is 27.3 Å². The van der Waals surface area contributed by atoms with Gasteiger partial charge in [-0.05, 0) is 43.7 Å². The number of fused-ring (bicyclic) bond motifs is 3. The number of aromatic nitrogens is 4. The van der Waals surface area contributed by atoms with Gasteiger partial charge in [-0.15, -0.1) is 16.6 Å². The van der Waals surface area contributed by atoms with Crippen molar-refractivity contribution in [3.63, 3.8) is 0 Å². The molecular weight excluding hydrogens is 486 g/mol. The lowest BCUT2D eigenvalue weighted by Crippen LogP contribution is -2.32. The fraction of sp³-hybridized carbons (Fsp3) is 0.143. The number of benzene rings is 3. The van der Waals surface area contributed by atoms with E-state index in [-0.39, 0.29) is 35.0 Å². The molecule has 1 amide bonds. The molecule has 9 heteroatoms. The van der Waals surface area contributed by atoms with Gasteiger partial charge in [0, 0.05) is 11.9 Å². The molecule has 0 N–H and O–H groups in total. The fourth-order valence-electron chi connectivity index (χ4n) is 4.17. The van der Waals surface area contributed by atoms with Crippen LogP contribution in [-0.2, 0) is 16.6 Å². The second-order valence-electron chi connectivity index (χ2n) is 8.76. The van der Waals surface area contributed by atoms with Crippen molar-refractivity contribution in [3.8, 4) is 12.3 Å². The molecule has 2 heterocycles. The smallest absolute Gasteiger partial charge is 0.294 e. The van der Waals surface area contributed by atoms with Gasteiger partial charge in [-0.1, -0.05) is 65.6 Å². The molecule has 5 aromatic rings. The van der Waals surface area contributed by atoms with Crippen molar-refractivity contribution in [2.45, 2.75) is 25.3 Å². The predicted octanol–water partition coefficient (Wildman–Crippen LogP) is 4.11. The number of amides is 1. The van der Waals surface area contributed by atoms with Crippen molar-refractivity contribution >= 4 is 38.0 Å². The first-order valence-corrected chi connectivity index (χ1v) is 13.0. The van der Waals surface area contributed by atoms with Gasteiger partial charge in [-0.25, -0.2) is 17.4 Å². The number of hydrogen-bond donors (Lipinski definition) is 0. The molecule has 5 rings (SSSR count). The summed E-state index contributed by atoms with van der Waals surface area (Å²) < 4.78 is 28.8. The van der Waals surface area contributed by atoms with Crippen LogP contribution in [0.3, 0.4) is 0 Å². The quantitative estimate of drug-likeness (QED) is 0.320. The highest BCUT2D eigenvalue weighted by molar-refractivity contribution is 7.90. The van der Waals surface area contributed by atoms with Crippen molar-refractivity contribution in [1.29, 1.82) is 0 Å². The third kappa shape index (κ3) is 4.43. The summed E-state index contributed by atoms with van der Waals surface area (Å²) in [5.41, 5.74) is 3.45. The molecule has 0 spiro atoms. The Morgan fingerprint density at radius 1 is 0.973 bits per heavy atom. The average molecular weight is 510 g/mol.